The fourth-order valence-corrected chi connectivity index (χ4v) is 1.71. The summed E-state index contributed by atoms with van der Waals surface area (Å²) < 4.78 is 0. The predicted octanol–water partition coefficient (Wildman–Crippen LogP) is 3.04. The lowest BCUT2D eigenvalue weighted by Crippen LogP contribution is -2.28. The number of benzene rings is 1. The van der Waals surface area contributed by atoms with Gasteiger partial charge in [-0.3, -0.25) is 0 Å². The number of aryl methyl sites for hydroxylation is 2. The largest absolute Gasteiger partial charge is 0.371 e. The van der Waals surface area contributed by atoms with Gasteiger partial charge in [-0.25, -0.2) is 0 Å². The second-order valence-electron chi connectivity index (χ2n) is 4.11. The van der Waals surface area contributed by atoms with Gasteiger partial charge >= 0.3 is 0 Å². The zero-order valence-electron chi connectivity index (χ0n) is 9.91. The smallest absolute Gasteiger partial charge is 0.0643 e. The molecule has 0 amide bonds. The predicted molar refractivity (Wildman–Crippen MR) is 64.0 cm³/mol. The molecule has 0 N–H and O–H groups in total. The van der Waals surface area contributed by atoms with Crippen LogP contribution in [0.5, 0.6) is 0 Å². The lowest BCUT2D eigenvalue weighted by atomic mass is 10.1. The van der Waals surface area contributed by atoms with E-state index in [1.54, 1.807) is 0 Å². The third-order valence-corrected chi connectivity index (χ3v) is 2.78. The van der Waals surface area contributed by atoms with E-state index >= 15 is 0 Å². The lowest BCUT2D eigenvalue weighted by molar-refractivity contribution is 0.701. The van der Waals surface area contributed by atoms with Crippen LogP contribution in [-0.2, 0) is 0 Å². The summed E-state index contributed by atoms with van der Waals surface area (Å²) in [5.74, 6) is 0. The van der Waals surface area contributed by atoms with Gasteiger partial charge in [0.25, 0.3) is 0 Å². The van der Waals surface area contributed by atoms with Crippen molar-refractivity contribution >= 4 is 5.69 Å². The van der Waals surface area contributed by atoms with Gasteiger partial charge in [0.15, 0.2) is 0 Å². The lowest BCUT2D eigenvalue weighted by Gasteiger charge is -2.27. The molecular weight excluding hydrogens is 184 g/mol. The maximum absolute atomic E-state index is 8.67. The van der Waals surface area contributed by atoms with Crippen molar-refractivity contribution in [2.75, 3.05) is 11.9 Å². The molecular formula is C13H18N2. The minimum atomic E-state index is 0.261. The van der Waals surface area contributed by atoms with Gasteiger partial charge in [-0.05, 0) is 32.4 Å². The average molecular weight is 202 g/mol. The van der Waals surface area contributed by atoms with Crippen LogP contribution < -0.4 is 4.90 Å². The first-order chi connectivity index (χ1) is 7.06. The Bertz CT molecular complexity index is 377. The van der Waals surface area contributed by atoms with Crippen molar-refractivity contribution in [3.05, 3.63) is 29.3 Å². The second-order valence-corrected chi connectivity index (χ2v) is 4.11. The number of hydrogen-bond acceptors (Lipinski definition) is 2. The fraction of sp³-hybridized carbons (Fsp3) is 0.462. The van der Waals surface area contributed by atoms with E-state index in [1.807, 2.05) is 7.05 Å². The highest BCUT2D eigenvalue weighted by Crippen LogP contribution is 2.22. The Balaban J connectivity index is 2.91. The van der Waals surface area contributed by atoms with Crippen LogP contribution in [0.1, 0.15) is 24.5 Å². The Labute approximate surface area is 92.1 Å². The third kappa shape index (κ3) is 2.73. The van der Waals surface area contributed by atoms with Crippen molar-refractivity contribution in [1.82, 2.24) is 0 Å². The fourth-order valence-electron chi connectivity index (χ4n) is 1.71. The molecule has 0 aliphatic heterocycles. The Morgan fingerprint density at radius 3 is 2.60 bits per heavy atom. The molecule has 1 atom stereocenters. The van der Waals surface area contributed by atoms with Crippen molar-refractivity contribution in [3.63, 3.8) is 0 Å². The van der Waals surface area contributed by atoms with Crippen LogP contribution in [0.3, 0.4) is 0 Å². The summed E-state index contributed by atoms with van der Waals surface area (Å²) in [6.45, 7) is 6.27. The number of hydrogen-bond donors (Lipinski definition) is 0. The molecule has 2 heteroatoms. The van der Waals surface area contributed by atoms with Crippen molar-refractivity contribution in [2.24, 2.45) is 0 Å². The maximum Gasteiger partial charge on any atom is 0.0643 e. The van der Waals surface area contributed by atoms with Crippen molar-refractivity contribution in [2.45, 2.75) is 33.2 Å². The summed E-state index contributed by atoms with van der Waals surface area (Å²) in [7, 11) is 2.04. The van der Waals surface area contributed by atoms with Crippen molar-refractivity contribution in [1.29, 1.82) is 5.26 Å². The van der Waals surface area contributed by atoms with Gasteiger partial charge in [-0.2, -0.15) is 5.26 Å². The Kier molecular flexibility index (Phi) is 3.74. The SMILES string of the molecule is Cc1ccc(N(C)C(C)CC#N)c(C)c1. The molecule has 15 heavy (non-hydrogen) atoms. The van der Waals surface area contributed by atoms with E-state index in [0.717, 1.165) is 0 Å². The van der Waals surface area contributed by atoms with E-state index in [-0.39, 0.29) is 6.04 Å². The molecule has 0 spiro atoms. The summed E-state index contributed by atoms with van der Waals surface area (Å²) in [6.07, 6.45) is 0.559. The van der Waals surface area contributed by atoms with E-state index in [1.165, 1.54) is 16.8 Å². The van der Waals surface area contributed by atoms with Crippen LogP contribution in [0.2, 0.25) is 0 Å². The van der Waals surface area contributed by atoms with Gasteiger partial charge in [0.05, 0.1) is 12.5 Å². The first-order valence-electron chi connectivity index (χ1n) is 5.23. The molecule has 1 aromatic rings. The summed E-state index contributed by atoms with van der Waals surface area (Å²) in [4.78, 5) is 2.16. The van der Waals surface area contributed by atoms with Crippen LogP contribution in [0, 0.1) is 25.2 Å². The molecule has 0 saturated heterocycles. The van der Waals surface area contributed by atoms with Gasteiger partial charge in [0.1, 0.15) is 0 Å². The second kappa shape index (κ2) is 4.84. The van der Waals surface area contributed by atoms with E-state index < -0.39 is 0 Å². The van der Waals surface area contributed by atoms with Gasteiger partial charge < -0.3 is 4.90 Å². The quantitative estimate of drug-likeness (QED) is 0.753. The highest BCUT2D eigenvalue weighted by molar-refractivity contribution is 5.54. The van der Waals surface area contributed by atoms with Crippen LogP contribution >= 0.6 is 0 Å². The Morgan fingerprint density at radius 2 is 2.07 bits per heavy atom. The van der Waals surface area contributed by atoms with Crippen molar-refractivity contribution < 1.29 is 0 Å². The summed E-state index contributed by atoms with van der Waals surface area (Å²) >= 11 is 0. The topological polar surface area (TPSA) is 27.0 Å². The normalized spacial score (nSPS) is 11.9. The Hall–Kier alpha value is -1.49. The first-order valence-corrected chi connectivity index (χ1v) is 5.23. The van der Waals surface area contributed by atoms with Gasteiger partial charge in [-0.15, -0.1) is 0 Å². The van der Waals surface area contributed by atoms with Crippen molar-refractivity contribution in [3.8, 4) is 6.07 Å². The highest BCUT2D eigenvalue weighted by Gasteiger charge is 2.11. The zero-order valence-corrected chi connectivity index (χ0v) is 9.91. The minimum absolute atomic E-state index is 0.261. The maximum atomic E-state index is 8.67. The molecule has 0 radical (unpaired) electrons. The third-order valence-electron chi connectivity index (χ3n) is 2.78. The number of anilines is 1. The molecule has 0 bridgehead atoms. The highest BCUT2D eigenvalue weighted by atomic mass is 15.1. The molecule has 0 fully saturated rings. The van der Waals surface area contributed by atoms with Gasteiger partial charge in [0, 0.05) is 18.8 Å². The number of rotatable bonds is 3. The molecule has 1 rings (SSSR count). The van der Waals surface area contributed by atoms with Crippen LogP contribution in [0.4, 0.5) is 5.69 Å². The summed E-state index contributed by atoms with van der Waals surface area (Å²) in [6, 6.07) is 8.87. The van der Waals surface area contributed by atoms with Gasteiger partial charge in [0.2, 0.25) is 0 Å². The van der Waals surface area contributed by atoms with Crippen LogP contribution in [-0.4, -0.2) is 13.1 Å². The summed E-state index contributed by atoms with van der Waals surface area (Å²) in [5, 5.41) is 8.67. The Morgan fingerprint density at radius 1 is 1.40 bits per heavy atom. The molecule has 0 aromatic heterocycles. The zero-order chi connectivity index (χ0) is 11.4. The molecule has 1 unspecified atom stereocenters. The molecule has 0 aliphatic carbocycles. The molecule has 80 valence electrons. The molecule has 0 aliphatic rings. The molecule has 0 heterocycles. The molecule has 2 nitrogen and oxygen atoms in total. The number of nitriles is 1. The first kappa shape index (κ1) is 11.6. The minimum Gasteiger partial charge on any atom is -0.371 e. The van der Waals surface area contributed by atoms with Crippen LogP contribution in [0.15, 0.2) is 18.2 Å². The van der Waals surface area contributed by atoms with Crippen LogP contribution in [0.25, 0.3) is 0 Å². The molecule has 1 aromatic carbocycles. The summed E-state index contributed by atoms with van der Waals surface area (Å²) in [5.41, 5.74) is 3.75. The van der Waals surface area contributed by atoms with E-state index in [4.69, 9.17) is 5.26 Å². The van der Waals surface area contributed by atoms with E-state index in [9.17, 15) is 0 Å². The van der Waals surface area contributed by atoms with E-state index in [2.05, 4.69) is 49.9 Å². The average Bonchev–Trinajstić information content (AvgIpc) is 2.17. The van der Waals surface area contributed by atoms with Gasteiger partial charge in [-0.1, -0.05) is 17.7 Å². The van der Waals surface area contributed by atoms with E-state index in [0.29, 0.717) is 6.42 Å². The number of nitrogens with zero attached hydrogens (tertiary/aromatic N) is 2. The standard InChI is InChI=1S/C13H18N2/c1-10-5-6-13(11(2)9-10)15(4)12(3)7-8-14/h5-6,9,12H,7H2,1-4H3. The molecule has 0 saturated carbocycles. The monoisotopic (exact) mass is 202 g/mol.